The van der Waals surface area contributed by atoms with Crippen molar-refractivity contribution in [3.63, 3.8) is 0 Å². The molecule has 2 saturated heterocycles. The van der Waals surface area contributed by atoms with Gasteiger partial charge in [-0.3, -0.25) is 19.3 Å². The first-order chi connectivity index (χ1) is 38.1. The topological polar surface area (TPSA) is 130 Å². The van der Waals surface area contributed by atoms with Crippen molar-refractivity contribution in [1.29, 1.82) is 0 Å². The number of rotatable bonds is 10. The Morgan fingerprint density at radius 3 is 1.23 bits per heavy atom. The standard InChI is InChI=1S/2C31H31F3N4O2/c2*1-17-15-36-37(4)29(17)19-12-25-28(35-16-19)26-23(33)13-20(31(2,3)39)14-24(26)38(25)30(18-8-10-40-11-9-18)21-6-5-7-22(32)27(21)34/h2*5-7,12-16,18,30,39H,8-11H2,1-4H3. The molecular formula is C62H62F6N8O4. The number of pyridine rings is 2. The highest BCUT2D eigenvalue weighted by Crippen LogP contribution is 2.46. The van der Waals surface area contributed by atoms with Gasteiger partial charge in [0.25, 0.3) is 0 Å². The van der Waals surface area contributed by atoms with Crippen molar-refractivity contribution < 1.29 is 46.0 Å². The van der Waals surface area contributed by atoms with Crippen LogP contribution in [0.4, 0.5) is 26.3 Å². The second kappa shape index (κ2) is 20.9. The summed E-state index contributed by atoms with van der Waals surface area (Å²) in [4.78, 5) is 9.45. The zero-order valence-corrected chi connectivity index (χ0v) is 45.8. The number of hydrogen-bond donors (Lipinski definition) is 2. The molecule has 6 aromatic heterocycles. The summed E-state index contributed by atoms with van der Waals surface area (Å²) in [5.74, 6) is -5.08. The van der Waals surface area contributed by atoms with Crippen molar-refractivity contribution in [2.75, 3.05) is 26.4 Å². The summed E-state index contributed by atoms with van der Waals surface area (Å²) in [7, 11) is 3.68. The number of aromatic nitrogens is 8. The summed E-state index contributed by atoms with van der Waals surface area (Å²) in [6.07, 6.45) is 9.35. The summed E-state index contributed by atoms with van der Waals surface area (Å²) in [6, 6.07) is 17.0. The van der Waals surface area contributed by atoms with Crippen molar-refractivity contribution >= 4 is 43.9 Å². The minimum absolute atomic E-state index is 0.125. The van der Waals surface area contributed by atoms with Gasteiger partial charge in [-0.05, 0) is 150 Å². The lowest BCUT2D eigenvalue weighted by atomic mass is 9.86. The van der Waals surface area contributed by atoms with E-state index >= 15 is 17.6 Å². The van der Waals surface area contributed by atoms with Crippen LogP contribution in [0.3, 0.4) is 0 Å². The zero-order chi connectivity index (χ0) is 56.7. The fourth-order valence-corrected chi connectivity index (χ4v) is 12.2. The van der Waals surface area contributed by atoms with Crippen LogP contribution in [0.15, 0.2) is 97.6 Å². The average molecular weight is 1100 g/mol. The summed E-state index contributed by atoms with van der Waals surface area (Å²) < 4.78 is 111. The van der Waals surface area contributed by atoms with E-state index in [4.69, 9.17) is 19.4 Å². The van der Waals surface area contributed by atoms with E-state index in [0.29, 0.717) is 96.3 Å². The van der Waals surface area contributed by atoms with E-state index in [1.165, 1.54) is 24.3 Å². The Balaban J connectivity index is 0.000000169. The van der Waals surface area contributed by atoms with Crippen LogP contribution in [0.2, 0.25) is 0 Å². The molecule has 10 aromatic rings. The van der Waals surface area contributed by atoms with E-state index in [9.17, 15) is 19.0 Å². The van der Waals surface area contributed by atoms with Crippen LogP contribution in [0.25, 0.3) is 66.4 Å². The molecular weight excluding hydrogens is 1030 g/mol. The average Bonchev–Trinajstić information content (AvgIpc) is 4.25. The Morgan fingerprint density at radius 2 is 0.887 bits per heavy atom. The van der Waals surface area contributed by atoms with Gasteiger partial charge in [0, 0.05) is 75.2 Å². The van der Waals surface area contributed by atoms with Gasteiger partial charge in [-0.1, -0.05) is 24.3 Å². The van der Waals surface area contributed by atoms with Crippen molar-refractivity contribution in [2.45, 2.75) is 90.5 Å². The number of benzene rings is 4. The molecule has 2 atom stereocenters. The van der Waals surface area contributed by atoms with Crippen LogP contribution in [0.5, 0.6) is 0 Å². The van der Waals surface area contributed by atoms with Gasteiger partial charge in [-0.15, -0.1) is 0 Å². The molecule has 80 heavy (non-hydrogen) atoms. The predicted octanol–water partition coefficient (Wildman–Crippen LogP) is 13.1. The molecule has 2 fully saturated rings. The molecule has 416 valence electrons. The predicted molar refractivity (Wildman–Crippen MR) is 295 cm³/mol. The maximum Gasteiger partial charge on any atom is 0.164 e. The second-order valence-corrected chi connectivity index (χ2v) is 22.4. The number of hydrogen-bond acceptors (Lipinski definition) is 8. The molecule has 4 aromatic carbocycles. The number of fused-ring (bicyclic) bond motifs is 6. The Morgan fingerprint density at radius 1 is 0.512 bits per heavy atom. The van der Waals surface area contributed by atoms with E-state index in [1.54, 1.807) is 86.1 Å². The van der Waals surface area contributed by atoms with Gasteiger partial charge in [0.05, 0.1) is 90.9 Å². The fourth-order valence-electron chi connectivity index (χ4n) is 12.2. The quantitative estimate of drug-likeness (QED) is 0.130. The maximum atomic E-state index is 15.9. The van der Waals surface area contributed by atoms with E-state index in [-0.39, 0.29) is 33.7 Å². The van der Waals surface area contributed by atoms with Crippen LogP contribution < -0.4 is 0 Å². The molecule has 0 aliphatic carbocycles. The number of nitrogens with zero attached hydrogens (tertiary/aromatic N) is 8. The van der Waals surface area contributed by atoms with Crippen LogP contribution in [0.1, 0.15) is 98.8 Å². The van der Waals surface area contributed by atoms with E-state index in [1.807, 2.05) is 49.2 Å². The van der Waals surface area contributed by atoms with Gasteiger partial charge < -0.3 is 28.8 Å². The molecule has 2 aliphatic heterocycles. The van der Waals surface area contributed by atoms with Crippen molar-refractivity contribution in [3.8, 4) is 22.5 Å². The van der Waals surface area contributed by atoms with Crippen molar-refractivity contribution in [2.24, 2.45) is 25.9 Å². The monoisotopic (exact) mass is 1100 g/mol. The Hall–Kier alpha value is -7.38. The maximum absolute atomic E-state index is 15.9. The van der Waals surface area contributed by atoms with Crippen LogP contribution in [-0.2, 0) is 34.8 Å². The van der Waals surface area contributed by atoms with Crippen LogP contribution in [0, 0.1) is 60.6 Å². The number of ether oxygens (including phenoxy) is 2. The summed E-state index contributed by atoms with van der Waals surface area (Å²) in [5, 5.41) is 30.9. The Bertz CT molecular complexity index is 3710. The second-order valence-electron chi connectivity index (χ2n) is 22.4. The number of halogens is 6. The first-order valence-corrected chi connectivity index (χ1v) is 26.9. The van der Waals surface area contributed by atoms with Crippen LogP contribution in [-0.4, -0.2) is 75.3 Å². The lowest BCUT2D eigenvalue weighted by Crippen LogP contribution is -2.28. The van der Waals surface area contributed by atoms with Crippen molar-refractivity contribution in [1.82, 2.24) is 38.7 Å². The Labute approximate surface area is 458 Å². The molecule has 0 saturated carbocycles. The van der Waals surface area contributed by atoms with Gasteiger partial charge in [-0.2, -0.15) is 10.2 Å². The molecule has 0 spiro atoms. The lowest BCUT2D eigenvalue weighted by Gasteiger charge is -2.33. The largest absolute Gasteiger partial charge is 0.386 e. The summed E-state index contributed by atoms with van der Waals surface area (Å²) in [5.41, 5.74) is 6.46. The molecule has 0 radical (unpaired) electrons. The summed E-state index contributed by atoms with van der Waals surface area (Å²) >= 11 is 0. The normalized spacial score (nSPS) is 15.8. The van der Waals surface area contributed by atoms with E-state index in [2.05, 4.69) is 10.2 Å². The molecule has 12 rings (SSSR count). The van der Waals surface area contributed by atoms with Crippen LogP contribution >= 0.6 is 0 Å². The highest BCUT2D eigenvalue weighted by molar-refractivity contribution is 6.08. The third-order valence-electron chi connectivity index (χ3n) is 16.2. The third kappa shape index (κ3) is 9.62. The van der Waals surface area contributed by atoms with Crippen molar-refractivity contribution in [3.05, 3.63) is 166 Å². The molecule has 2 unspecified atom stereocenters. The molecule has 2 N–H and O–H groups in total. The Kier molecular flexibility index (Phi) is 14.3. The highest BCUT2D eigenvalue weighted by Gasteiger charge is 2.37. The van der Waals surface area contributed by atoms with E-state index in [0.717, 1.165) is 45.8 Å². The van der Waals surface area contributed by atoms with Gasteiger partial charge in [0.1, 0.15) is 11.6 Å². The molecule has 2 aliphatic rings. The first-order valence-electron chi connectivity index (χ1n) is 26.9. The summed E-state index contributed by atoms with van der Waals surface area (Å²) in [6.45, 7) is 12.2. The minimum atomic E-state index is -1.33. The SMILES string of the molecule is Cc1cnn(C)c1-c1cnc2c3c(F)cc(C(C)(C)O)cc3n(C(c3cccc(F)c3F)C3CCOCC3)c2c1.Cc1cnn(C)c1-c1cnc2c3c(F)cc(C(C)(C)O)cc3n(C(c3cccc(F)c3F)C3CCOCC3)c2c1. The highest BCUT2D eigenvalue weighted by atomic mass is 19.2. The smallest absolute Gasteiger partial charge is 0.164 e. The molecule has 0 amide bonds. The number of aryl methyl sites for hydroxylation is 4. The third-order valence-corrected chi connectivity index (χ3v) is 16.2. The molecule has 8 heterocycles. The van der Waals surface area contributed by atoms with E-state index < -0.39 is 58.2 Å². The first kappa shape index (κ1) is 54.6. The fraction of sp³-hybridized carbons (Fsp3) is 0.355. The zero-order valence-electron chi connectivity index (χ0n) is 45.8. The minimum Gasteiger partial charge on any atom is -0.386 e. The molecule has 0 bridgehead atoms. The van der Waals surface area contributed by atoms with Gasteiger partial charge in [0.15, 0.2) is 23.3 Å². The molecule has 12 nitrogen and oxygen atoms in total. The van der Waals surface area contributed by atoms with Gasteiger partial charge in [-0.25, -0.2) is 26.3 Å². The lowest BCUT2D eigenvalue weighted by molar-refractivity contribution is 0.0546. The number of aliphatic hydroxyl groups is 2. The molecule has 18 heteroatoms. The van der Waals surface area contributed by atoms with Gasteiger partial charge >= 0.3 is 0 Å². The van der Waals surface area contributed by atoms with Gasteiger partial charge in [0.2, 0.25) is 0 Å².